The van der Waals surface area contributed by atoms with Gasteiger partial charge in [-0.15, -0.1) is 0 Å². The molecule has 4 heteroatoms. The molecule has 0 atom stereocenters. The number of hydrogen-bond donors (Lipinski definition) is 0. The van der Waals surface area contributed by atoms with Crippen molar-refractivity contribution in [1.29, 1.82) is 0 Å². The highest BCUT2D eigenvalue weighted by Gasteiger charge is 2.28. The maximum atomic E-state index is 12.6. The van der Waals surface area contributed by atoms with Crippen LogP contribution in [0.2, 0.25) is 0 Å². The van der Waals surface area contributed by atoms with Crippen molar-refractivity contribution in [3.8, 4) is 0 Å². The molecule has 0 aliphatic rings. The number of aromatic nitrogens is 1. The van der Waals surface area contributed by atoms with Crippen LogP contribution in [0.25, 0.3) is 10.8 Å². The maximum absolute atomic E-state index is 12.6. The summed E-state index contributed by atoms with van der Waals surface area (Å²) in [7, 11) is 1.81. The number of carbonyl (C=O) groups is 1. The average molecular weight is 321 g/mol. The fourth-order valence-corrected chi connectivity index (χ4v) is 2.19. The number of pyridine rings is 1. The van der Waals surface area contributed by atoms with Crippen LogP contribution in [-0.4, -0.2) is 33.7 Å². The number of amides is 1. The average Bonchev–Trinajstić information content (AvgIpc) is 2.45. The molecule has 0 saturated heterocycles. The zero-order chi connectivity index (χ0) is 14.0. The predicted molar refractivity (Wildman–Crippen MR) is 81.7 cm³/mol. The van der Waals surface area contributed by atoms with Gasteiger partial charge >= 0.3 is 0 Å². The zero-order valence-electron chi connectivity index (χ0n) is 11.4. The Bertz CT molecular complexity index is 605. The van der Waals surface area contributed by atoms with Crippen molar-refractivity contribution in [2.45, 2.75) is 19.4 Å². The number of alkyl halides is 1. The van der Waals surface area contributed by atoms with Gasteiger partial charge in [-0.2, -0.15) is 0 Å². The Morgan fingerprint density at radius 2 is 2.00 bits per heavy atom. The first-order valence-electron chi connectivity index (χ1n) is 6.15. The van der Waals surface area contributed by atoms with E-state index in [-0.39, 0.29) is 11.4 Å². The van der Waals surface area contributed by atoms with E-state index >= 15 is 0 Å². The van der Waals surface area contributed by atoms with Crippen LogP contribution in [0.1, 0.15) is 24.3 Å². The summed E-state index contributed by atoms with van der Waals surface area (Å²) in [4.78, 5) is 18.6. The fourth-order valence-electron chi connectivity index (χ4n) is 1.81. The van der Waals surface area contributed by atoms with E-state index in [0.29, 0.717) is 11.0 Å². The summed E-state index contributed by atoms with van der Waals surface area (Å²) >= 11 is 3.45. The first-order chi connectivity index (χ1) is 8.97. The lowest BCUT2D eigenvalue weighted by molar-refractivity contribution is 0.0660. The lowest BCUT2D eigenvalue weighted by Crippen LogP contribution is -2.46. The second-order valence-electron chi connectivity index (χ2n) is 5.19. The van der Waals surface area contributed by atoms with Gasteiger partial charge < -0.3 is 4.90 Å². The Balaban J connectivity index is 2.48. The van der Waals surface area contributed by atoms with Crippen LogP contribution in [0.4, 0.5) is 0 Å². The van der Waals surface area contributed by atoms with Crippen LogP contribution < -0.4 is 0 Å². The molecular weight excluding hydrogens is 304 g/mol. The van der Waals surface area contributed by atoms with Crippen LogP contribution in [0.15, 0.2) is 36.5 Å². The van der Waals surface area contributed by atoms with Gasteiger partial charge in [0.15, 0.2) is 0 Å². The predicted octanol–water partition coefficient (Wildman–Crippen LogP) is 3.48. The van der Waals surface area contributed by atoms with E-state index in [1.165, 1.54) is 0 Å². The number of rotatable bonds is 3. The lowest BCUT2D eigenvalue weighted by atomic mass is 10.0. The standard InChI is InChI=1S/C15H17BrN2O/c1-15(2,10-16)18(3)14(19)13-12-7-5-4-6-11(12)8-9-17-13/h4-9H,10H2,1-3H3. The molecule has 0 aliphatic carbocycles. The highest BCUT2D eigenvalue weighted by molar-refractivity contribution is 9.09. The monoisotopic (exact) mass is 320 g/mol. The van der Waals surface area contributed by atoms with Crippen molar-refractivity contribution in [2.75, 3.05) is 12.4 Å². The molecule has 19 heavy (non-hydrogen) atoms. The first kappa shape index (κ1) is 14.0. The molecule has 2 rings (SSSR count). The molecule has 0 fully saturated rings. The Kier molecular flexibility index (Phi) is 3.90. The molecule has 0 saturated carbocycles. The summed E-state index contributed by atoms with van der Waals surface area (Å²) in [5.74, 6) is -0.0544. The summed E-state index contributed by atoms with van der Waals surface area (Å²) < 4.78 is 0. The normalized spacial score (nSPS) is 11.6. The van der Waals surface area contributed by atoms with Crippen LogP contribution in [0.5, 0.6) is 0 Å². The molecule has 3 nitrogen and oxygen atoms in total. The van der Waals surface area contributed by atoms with Gasteiger partial charge in [0.25, 0.3) is 5.91 Å². The Morgan fingerprint density at radius 1 is 1.32 bits per heavy atom. The van der Waals surface area contributed by atoms with E-state index in [9.17, 15) is 4.79 Å². The van der Waals surface area contributed by atoms with Crippen molar-refractivity contribution in [1.82, 2.24) is 9.88 Å². The minimum atomic E-state index is -0.254. The van der Waals surface area contributed by atoms with E-state index in [2.05, 4.69) is 20.9 Å². The summed E-state index contributed by atoms with van der Waals surface area (Å²) in [6.45, 7) is 4.04. The van der Waals surface area contributed by atoms with Crippen molar-refractivity contribution >= 4 is 32.6 Å². The highest BCUT2D eigenvalue weighted by atomic mass is 79.9. The van der Waals surface area contributed by atoms with E-state index < -0.39 is 0 Å². The van der Waals surface area contributed by atoms with Gasteiger partial charge in [0.05, 0.1) is 0 Å². The molecule has 1 aromatic heterocycles. The molecule has 0 spiro atoms. The number of carbonyl (C=O) groups excluding carboxylic acids is 1. The van der Waals surface area contributed by atoms with Crippen LogP contribution in [0, 0.1) is 0 Å². The Hall–Kier alpha value is -1.42. The van der Waals surface area contributed by atoms with E-state index in [0.717, 1.165) is 10.8 Å². The number of benzene rings is 1. The summed E-state index contributed by atoms with van der Waals surface area (Å²) in [6, 6.07) is 9.73. The molecule has 0 bridgehead atoms. The van der Waals surface area contributed by atoms with Crippen LogP contribution in [-0.2, 0) is 0 Å². The molecule has 0 radical (unpaired) electrons. The van der Waals surface area contributed by atoms with Gasteiger partial charge in [-0.1, -0.05) is 40.2 Å². The van der Waals surface area contributed by atoms with E-state index in [4.69, 9.17) is 0 Å². The topological polar surface area (TPSA) is 33.2 Å². The smallest absolute Gasteiger partial charge is 0.273 e. The third-order valence-corrected chi connectivity index (χ3v) is 4.79. The largest absolute Gasteiger partial charge is 0.334 e. The minimum Gasteiger partial charge on any atom is -0.334 e. The molecular formula is C15H17BrN2O. The van der Waals surface area contributed by atoms with Gasteiger partial charge in [-0.3, -0.25) is 9.78 Å². The minimum absolute atomic E-state index is 0.0544. The Labute approximate surface area is 121 Å². The zero-order valence-corrected chi connectivity index (χ0v) is 12.9. The third-order valence-electron chi connectivity index (χ3n) is 3.42. The molecule has 1 heterocycles. The maximum Gasteiger partial charge on any atom is 0.273 e. The van der Waals surface area contributed by atoms with Crippen LogP contribution >= 0.6 is 15.9 Å². The van der Waals surface area contributed by atoms with Gasteiger partial charge in [0.2, 0.25) is 0 Å². The van der Waals surface area contributed by atoms with Crippen LogP contribution in [0.3, 0.4) is 0 Å². The number of hydrogen-bond acceptors (Lipinski definition) is 2. The number of halogens is 1. The molecule has 100 valence electrons. The second kappa shape index (κ2) is 5.29. The summed E-state index contributed by atoms with van der Waals surface area (Å²) in [5.41, 5.74) is 0.255. The molecule has 2 aromatic rings. The number of nitrogens with zero attached hydrogens (tertiary/aromatic N) is 2. The molecule has 0 N–H and O–H groups in total. The molecule has 1 amide bonds. The fraction of sp³-hybridized carbons (Fsp3) is 0.333. The highest BCUT2D eigenvalue weighted by Crippen LogP contribution is 2.22. The van der Waals surface area contributed by atoms with Crippen molar-refractivity contribution in [3.05, 3.63) is 42.2 Å². The van der Waals surface area contributed by atoms with Gasteiger partial charge in [-0.25, -0.2) is 0 Å². The first-order valence-corrected chi connectivity index (χ1v) is 7.27. The lowest BCUT2D eigenvalue weighted by Gasteiger charge is -2.34. The van der Waals surface area contributed by atoms with E-state index in [1.54, 1.807) is 11.1 Å². The SMILES string of the molecule is CN(C(=O)c1nccc2ccccc12)C(C)(C)CBr. The van der Waals surface area contributed by atoms with E-state index in [1.807, 2.05) is 51.2 Å². The van der Waals surface area contributed by atoms with Gasteiger partial charge in [0, 0.05) is 29.5 Å². The van der Waals surface area contributed by atoms with Gasteiger partial charge in [0.1, 0.15) is 5.69 Å². The number of fused-ring (bicyclic) bond motifs is 1. The molecule has 0 unspecified atom stereocenters. The summed E-state index contributed by atoms with van der Waals surface area (Å²) in [6.07, 6.45) is 1.69. The molecule has 0 aliphatic heterocycles. The van der Waals surface area contributed by atoms with Gasteiger partial charge in [-0.05, 0) is 25.3 Å². The second-order valence-corrected chi connectivity index (χ2v) is 5.75. The Morgan fingerprint density at radius 3 is 2.68 bits per heavy atom. The third kappa shape index (κ3) is 2.63. The summed E-state index contributed by atoms with van der Waals surface area (Å²) in [5, 5.41) is 2.64. The van der Waals surface area contributed by atoms with Crippen molar-refractivity contribution < 1.29 is 4.79 Å². The quantitative estimate of drug-likeness (QED) is 0.811. The molecule has 1 aromatic carbocycles. The van der Waals surface area contributed by atoms with Crippen molar-refractivity contribution in [3.63, 3.8) is 0 Å². The van der Waals surface area contributed by atoms with Crippen molar-refractivity contribution in [2.24, 2.45) is 0 Å².